The van der Waals surface area contributed by atoms with Gasteiger partial charge in [0, 0.05) is 12.1 Å². The summed E-state index contributed by atoms with van der Waals surface area (Å²) in [6.45, 7) is 7.30. The lowest BCUT2D eigenvalue weighted by molar-refractivity contribution is 0.229. The predicted molar refractivity (Wildman–Crippen MR) is 76.0 cm³/mol. The second-order valence-electron chi connectivity index (χ2n) is 5.37. The molecular weight excluding hydrogens is 222 g/mol. The van der Waals surface area contributed by atoms with Crippen LogP contribution in [-0.4, -0.2) is 12.6 Å². The van der Waals surface area contributed by atoms with Gasteiger partial charge < -0.3 is 10.1 Å². The SMILES string of the molecule is CCOc1ccc(C(C)NC(C)C2CCC2)cc1. The van der Waals surface area contributed by atoms with Gasteiger partial charge >= 0.3 is 0 Å². The van der Waals surface area contributed by atoms with E-state index in [-0.39, 0.29) is 0 Å². The maximum Gasteiger partial charge on any atom is 0.119 e. The number of hydrogen-bond donors (Lipinski definition) is 1. The fourth-order valence-electron chi connectivity index (χ4n) is 2.59. The Labute approximate surface area is 111 Å². The molecule has 0 amide bonds. The molecule has 2 unspecified atom stereocenters. The van der Waals surface area contributed by atoms with E-state index in [2.05, 4.69) is 43.4 Å². The van der Waals surface area contributed by atoms with Crippen molar-refractivity contribution in [3.63, 3.8) is 0 Å². The van der Waals surface area contributed by atoms with Crippen LogP contribution in [0.15, 0.2) is 24.3 Å². The van der Waals surface area contributed by atoms with Crippen molar-refractivity contribution in [3.8, 4) is 5.75 Å². The second-order valence-corrected chi connectivity index (χ2v) is 5.37. The molecule has 0 spiro atoms. The quantitative estimate of drug-likeness (QED) is 0.822. The first-order valence-electron chi connectivity index (χ1n) is 7.19. The van der Waals surface area contributed by atoms with Gasteiger partial charge in [-0.25, -0.2) is 0 Å². The van der Waals surface area contributed by atoms with Gasteiger partial charge in [-0.3, -0.25) is 0 Å². The molecular formula is C16H25NO. The van der Waals surface area contributed by atoms with E-state index >= 15 is 0 Å². The first kappa shape index (κ1) is 13.4. The highest BCUT2D eigenvalue weighted by Crippen LogP contribution is 2.30. The van der Waals surface area contributed by atoms with Gasteiger partial charge in [0.05, 0.1) is 6.61 Å². The second kappa shape index (κ2) is 6.24. The van der Waals surface area contributed by atoms with E-state index in [0.717, 1.165) is 18.3 Å². The molecule has 0 saturated heterocycles. The molecule has 1 aromatic rings. The molecule has 1 saturated carbocycles. The summed E-state index contributed by atoms with van der Waals surface area (Å²) in [6.07, 6.45) is 4.20. The fourth-order valence-corrected chi connectivity index (χ4v) is 2.59. The van der Waals surface area contributed by atoms with Gasteiger partial charge in [-0.2, -0.15) is 0 Å². The van der Waals surface area contributed by atoms with E-state index in [4.69, 9.17) is 4.74 Å². The Hall–Kier alpha value is -1.02. The third-order valence-corrected chi connectivity index (χ3v) is 4.06. The lowest BCUT2D eigenvalue weighted by atomic mass is 9.80. The summed E-state index contributed by atoms with van der Waals surface area (Å²) in [6, 6.07) is 9.49. The van der Waals surface area contributed by atoms with Crippen LogP contribution in [0.25, 0.3) is 0 Å². The highest BCUT2D eigenvalue weighted by atomic mass is 16.5. The largest absolute Gasteiger partial charge is 0.494 e. The molecule has 2 nitrogen and oxygen atoms in total. The van der Waals surface area contributed by atoms with Gasteiger partial charge in [0.15, 0.2) is 0 Å². The number of rotatable bonds is 6. The van der Waals surface area contributed by atoms with Crippen molar-refractivity contribution in [1.29, 1.82) is 0 Å². The van der Waals surface area contributed by atoms with Gasteiger partial charge in [-0.05, 0) is 57.2 Å². The van der Waals surface area contributed by atoms with Crippen molar-refractivity contribution in [1.82, 2.24) is 5.32 Å². The van der Waals surface area contributed by atoms with Crippen molar-refractivity contribution < 1.29 is 4.74 Å². The van der Waals surface area contributed by atoms with E-state index in [1.54, 1.807) is 0 Å². The summed E-state index contributed by atoms with van der Waals surface area (Å²) in [5, 5.41) is 3.71. The molecule has 1 fully saturated rings. The van der Waals surface area contributed by atoms with Crippen LogP contribution in [0.2, 0.25) is 0 Å². The van der Waals surface area contributed by atoms with Crippen molar-refractivity contribution in [3.05, 3.63) is 29.8 Å². The lowest BCUT2D eigenvalue weighted by Crippen LogP contribution is -2.38. The van der Waals surface area contributed by atoms with E-state index in [9.17, 15) is 0 Å². The van der Waals surface area contributed by atoms with Crippen LogP contribution in [-0.2, 0) is 0 Å². The Morgan fingerprint density at radius 2 is 1.89 bits per heavy atom. The normalized spacial score (nSPS) is 19.1. The minimum atomic E-state index is 0.413. The number of nitrogens with one attached hydrogen (secondary N) is 1. The highest BCUT2D eigenvalue weighted by molar-refractivity contribution is 5.29. The topological polar surface area (TPSA) is 21.3 Å². The number of benzene rings is 1. The summed E-state index contributed by atoms with van der Waals surface area (Å²) in [5.74, 6) is 1.84. The molecule has 1 N–H and O–H groups in total. The Kier molecular flexibility index (Phi) is 4.65. The van der Waals surface area contributed by atoms with Crippen LogP contribution < -0.4 is 10.1 Å². The standard InChI is InChI=1S/C16H25NO/c1-4-18-16-10-8-15(9-11-16)13(3)17-12(2)14-6-5-7-14/h8-14,17H,4-7H2,1-3H3. The molecule has 1 aromatic carbocycles. The molecule has 100 valence electrons. The predicted octanol–water partition coefficient (Wildman–Crippen LogP) is 3.92. The monoisotopic (exact) mass is 247 g/mol. The van der Waals surface area contributed by atoms with Crippen LogP contribution in [0, 0.1) is 5.92 Å². The van der Waals surface area contributed by atoms with E-state index in [1.165, 1.54) is 24.8 Å². The Bertz CT molecular complexity index is 356. The molecule has 0 bridgehead atoms. The zero-order valence-corrected chi connectivity index (χ0v) is 11.8. The van der Waals surface area contributed by atoms with Gasteiger partial charge in [-0.15, -0.1) is 0 Å². The summed E-state index contributed by atoms with van der Waals surface area (Å²) in [4.78, 5) is 0. The molecule has 2 rings (SSSR count). The first-order valence-corrected chi connectivity index (χ1v) is 7.19. The van der Waals surface area contributed by atoms with Crippen LogP contribution in [0.5, 0.6) is 5.75 Å². The Morgan fingerprint density at radius 1 is 1.22 bits per heavy atom. The van der Waals surface area contributed by atoms with Crippen LogP contribution in [0.1, 0.15) is 51.6 Å². The maximum absolute atomic E-state index is 5.47. The van der Waals surface area contributed by atoms with Crippen molar-refractivity contribution in [2.24, 2.45) is 5.92 Å². The van der Waals surface area contributed by atoms with Gasteiger partial charge in [0.1, 0.15) is 5.75 Å². The minimum absolute atomic E-state index is 0.413. The molecule has 2 atom stereocenters. The molecule has 0 heterocycles. The summed E-state index contributed by atoms with van der Waals surface area (Å²) < 4.78 is 5.47. The van der Waals surface area contributed by atoms with Crippen molar-refractivity contribution in [2.75, 3.05) is 6.61 Å². The zero-order chi connectivity index (χ0) is 13.0. The third-order valence-electron chi connectivity index (χ3n) is 4.06. The van der Waals surface area contributed by atoms with E-state index in [1.807, 2.05) is 6.92 Å². The van der Waals surface area contributed by atoms with Crippen LogP contribution in [0.3, 0.4) is 0 Å². The average Bonchev–Trinajstić information content (AvgIpc) is 2.27. The maximum atomic E-state index is 5.47. The number of ether oxygens (including phenoxy) is 1. The molecule has 0 radical (unpaired) electrons. The summed E-state index contributed by atoms with van der Waals surface area (Å²) in [5.41, 5.74) is 1.34. The van der Waals surface area contributed by atoms with Crippen LogP contribution >= 0.6 is 0 Å². The lowest BCUT2D eigenvalue weighted by Gasteiger charge is -2.34. The Balaban J connectivity index is 1.89. The summed E-state index contributed by atoms with van der Waals surface area (Å²) in [7, 11) is 0. The van der Waals surface area contributed by atoms with Crippen molar-refractivity contribution >= 4 is 0 Å². The summed E-state index contributed by atoms with van der Waals surface area (Å²) >= 11 is 0. The average molecular weight is 247 g/mol. The highest BCUT2D eigenvalue weighted by Gasteiger charge is 2.24. The van der Waals surface area contributed by atoms with Gasteiger partial charge in [0.2, 0.25) is 0 Å². The third kappa shape index (κ3) is 3.26. The van der Waals surface area contributed by atoms with Crippen LogP contribution in [0.4, 0.5) is 0 Å². The minimum Gasteiger partial charge on any atom is -0.494 e. The molecule has 0 aromatic heterocycles. The van der Waals surface area contributed by atoms with Gasteiger partial charge in [0.25, 0.3) is 0 Å². The first-order chi connectivity index (χ1) is 8.70. The molecule has 1 aliphatic rings. The van der Waals surface area contributed by atoms with Gasteiger partial charge in [-0.1, -0.05) is 18.6 Å². The molecule has 1 aliphatic carbocycles. The fraction of sp³-hybridized carbons (Fsp3) is 0.625. The van der Waals surface area contributed by atoms with E-state index in [0.29, 0.717) is 12.1 Å². The smallest absolute Gasteiger partial charge is 0.119 e. The zero-order valence-electron chi connectivity index (χ0n) is 11.8. The molecule has 0 aliphatic heterocycles. The Morgan fingerprint density at radius 3 is 2.39 bits per heavy atom. The van der Waals surface area contributed by atoms with E-state index < -0.39 is 0 Å². The molecule has 18 heavy (non-hydrogen) atoms. The molecule has 2 heteroatoms. The number of hydrogen-bond acceptors (Lipinski definition) is 2. The van der Waals surface area contributed by atoms with Crippen molar-refractivity contribution in [2.45, 2.75) is 52.1 Å².